The Labute approximate surface area is 75.7 Å². The number of ether oxygens (including phenoxy) is 1. The van der Waals surface area contributed by atoms with Crippen molar-refractivity contribution in [1.29, 1.82) is 5.26 Å². The molecule has 1 atom stereocenters. The van der Waals surface area contributed by atoms with Gasteiger partial charge in [-0.15, -0.1) is 0 Å². The Morgan fingerprint density at radius 3 is 3.00 bits per heavy atom. The van der Waals surface area contributed by atoms with Crippen LogP contribution in [0.5, 0.6) is 5.75 Å². The van der Waals surface area contributed by atoms with Crippen molar-refractivity contribution in [1.82, 2.24) is 0 Å². The molecule has 0 radical (unpaired) electrons. The molecule has 4 N–H and O–H groups in total. The van der Waals surface area contributed by atoms with Crippen molar-refractivity contribution in [2.45, 2.75) is 6.04 Å². The zero-order chi connectivity index (χ0) is 9.42. The predicted octanol–water partition coefficient (Wildman–Crippen LogP) is 0.533. The minimum Gasteiger partial charge on any atom is -0.490 e. The molecule has 0 saturated carbocycles. The van der Waals surface area contributed by atoms with Gasteiger partial charge in [-0.25, -0.2) is 0 Å². The van der Waals surface area contributed by atoms with Gasteiger partial charge in [0, 0.05) is 5.56 Å². The number of nitriles is 1. The topological polar surface area (TPSA) is 85.1 Å². The van der Waals surface area contributed by atoms with E-state index < -0.39 is 0 Å². The van der Waals surface area contributed by atoms with E-state index in [1.165, 1.54) is 0 Å². The summed E-state index contributed by atoms with van der Waals surface area (Å²) < 4.78 is 5.29. The van der Waals surface area contributed by atoms with Crippen molar-refractivity contribution in [3.05, 3.63) is 23.3 Å². The lowest BCUT2D eigenvalue weighted by molar-refractivity contribution is 0.332. The van der Waals surface area contributed by atoms with Gasteiger partial charge in [-0.1, -0.05) is 6.07 Å². The molecule has 4 heteroatoms. The van der Waals surface area contributed by atoms with E-state index in [0.29, 0.717) is 23.6 Å². The first-order valence-corrected chi connectivity index (χ1v) is 3.95. The second-order valence-corrected chi connectivity index (χ2v) is 2.98. The van der Waals surface area contributed by atoms with Crippen molar-refractivity contribution in [3.8, 4) is 11.8 Å². The number of nitrogens with two attached hydrogens (primary N) is 2. The van der Waals surface area contributed by atoms with Crippen LogP contribution in [0.3, 0.4) is 0 Å². The lowest BCUT2D eigenvalue weighted by Gasteiger charge is -2.03. The SMILES string of the molecule is N#Cc1c(N)ccc2c1OC[C@H]2N. The molecule has 0 amide bonds. The number of rotatable bonds is 0. The van der Waals surface area contributed by atoms with Crippen LogP contribution in [0.1, 0.15) is 17.2 Å². The lowest BCUT2D eigenvalue weighted by Crippen LogP contribution is -2.10. The first-order valence-electron chi connectivity index (χ1n) is 3.95. The number of anilines is 1. The van der Waals surface area contributed by atoms with Gasteiger partial charge in [-0.3, -0.25) is 0 Å². The normalized spacial score (nSPS) is 18.9. The summed E-state index contributed by atoms with van der Waals surface area (Å²) >= 11 is 0. The summed E-state index contributed by atoms with van der Waals surface area (Å²) in [6.07, 6.45) is 0. The molecule has 0 fully saturated rings. The van der Waals surface area contributed by atoms with E-state index in [2.05, 4.69) is 0 Å². The number of nitrogens with zero attached hydrogens (tertiary/aromatic N) is 1. The molecule has 1 heterocycles. The Hall–Kier alpha value is -1.73. The van der Waals surface area contributed by atoms with Crippen molar-refractivity contribution >= 4 is 5.69 Å². The highest BCUT2D eigenvalue weighted by atomic mass is 16.5. The van der Waals surface area contributed by atoms with E-state index in [1.54, 1.807) is 6.07 Å². The fourth-order valence-corrected chi connectivity index (χ4v) is 1.44. The van der Waals surface area contributed by atoms with Crippen molar-refractivity contribution in [2.75, 3.05) is 12.3 Å². The second kappa shape index (κ2) is 2.64. The van der Waals surface area contributed by atoms with E-state index in [4.69, 9.17) is 21.5 Å². The summed E-state index contributed by atoms with van der Waals surface area (Å²) in [6, 6.07) is 5.37. The number of hydrogen-bond donors (Lipinski definition) is 2. The molecule has 0 aliphatic carbocycles. The molecule has 66 valence electrons. The summed E-state index contributed by atoms with van der Waals surface area (Å²) in [5.74, 6) is 0.551. The third-order valence-electron chi connectivity index (χ3n) is 2.14. The molecule has 1 aromatic rings. The average molecular weight is 175 g/mol. The highest BCUT2D eigenvalue weighted by molar-refractivity contribution is 5.65. The number of fused-ring (bicyclic) bond motifs is 1. The summed E-state index contributed by atoms with van der Waals surface area (Å²) in [6.45, 7) is 0.424. The molecular formula is C9H9N3O. The van der Waals surface area contributed by atoms with Gasteiger partial charge in [0.15, 0.2) is 0 Å². The first kappa shape index (κ1) is 7.90. The van der Waals surface area contributed by atoms with Gasteiger partial charge in [0.1, 0.15) is 24.0 Å². The average Bonchev–Trinajstić information content (AvgIpc) is 2.48. The zero-order valence-electron chi connectivity index (χ0n) is 6.95. The fraction of sp³-hybridized carbons (Fsp3) is 0.222. The number of benzene rings is 1. The maximum atomic E-state index is 8.82. The molecule has 0 bridgehead atoms. The first-order chi connectivity index (χ1) is 6.24. The van der Waals surface area contributed by atoms with Gasteiger partial charge in [0.25, 0.3) is 0 Å². The minimum atomic E-state index is -0.136. The van der Waals surface area contributed by atoms with Gasteiger partial charge in [0.05, 0.1) is 11.7 Å². The Balaban J connectivity index is 2.66. The molecule has 0 unspecified atom stereocenters. The van der Waals surface area contributed by atoms with Crippen LogP contribution in [0.15, 0.2) is 12.1 Å². The molecule has 13 heavy (non-hydrogen) atoms. The highest BCUT2D eigenvalue weighted by Crippen LogP contribution is 2.36. The summed E-state index contributed by atoms with van der Waals surface area (Å²) in [5, 5.41) is 8.82. The van der Waals surface area contributed by atoms with Gasteiger partial charge in [-0.2, -0.15) is 5.26 Å². The Morgan fingerprint density at radius 2 is 2.31 bits per heavy atom. The summed E-state index contributed by atoms with van der Waals surface area (Å²) in [4.78, 5) is 0. The highest BCUT2D eigenvalue weighted by Gasteiger charge is 2.24. The van der Waals surface area contributed by atoms with Crippen LogP contribution in [-0.2, 0) is 0 Å². The molecule has 2 rings (SSSR count). The smallest absolute Gasteiger partial charge is 0.144 e. The quantitative estimate of drug-likeness (QED) is 0.563. The maximum Gasteiger partial charge on any atom is 0.144 e. The fourth-order valence-electron chi connectivity index (χ4n) is 1.44. The molecular weight excluding hydrogens is 166 g/mol. The lowest BCUT2D eigenvalue weighted by atomic mass is 10.0. The van der Waals surface area contributed by atoms with Crippen molar-refractivity contribution < 1.29 is 4.74 Å². The number of hydrogen-bond acceptors (Lipinski definition) is 4. The molecule has 1 aromatic carbocycles. The van der Waals surface area contributed by atoms with Crippen LogP contribution >= 0.6 is 0 Å². The zero-order valence-corrected chi connectivity index (χ0v) is 6.95. The minimum absolute atomic E-state index is 0.136. The third-order valence-corrected chi connectivity index (χ3v) is 2.14. The summed E-state index contributed by atoms with van der Waals surface area (Å²) in [5.41, 5.74) is 13.1. The molecule has 1 aliphatic heterocycles. The van der Waals surface area contributed by atoms with Crippen molar-refractivity contribution in [3.63, 3.8) is 0 Å². The van der Waals surface area contributed by atoms with E-state index in [0.717, 1.165) is 5.56 Å². The largest absolute Gasteiger partial charge is 0.490 e. The predicted molar refractivity (Wildman–Crippen MR) is 48.0 cm³/mol. The second-order valence-electron chi connectivity index (χ2n) is 2.98. The Kier molecular flexibility index (Phi) is 1.61. The van der Waals surface area contributed by atoms with Crippen LogP contribution in [0.4, 0.5) is 5.69 Å². The van der Waals surface area contributed by atoms with Crippen LogP contribution in [0.25, 0.3) is 0 Å². The molecule has 0 aromatic heterocycles. The van der Waals surface area contributed by atoms with Gasteiger partial charge in [-0.05, 0) is 6.07 Å². The number of nitrogen functional groups attached to an aromatic ring is 1. The van der Waals surface area contributed by atoms with Crippen LogP contribution in [0.2, 0.25) is 0 Å². The van der Waals surface area contributed by atoms with E-state index in [1.807, 2.05) is 12.1 Å². The summed E-state index contributed by atoms with van der Waals surface area (Å²) in [7, 11) is 0. The van der Waals surface area contributed by atoms with Crippen LogP contribution in [-0.4, -0.2) is 6.61 Å². The monoisotopic (exact) mass is 175 g/mol. The van der Waals surface area contributed by atoms with Gasteiger partial charge in [0.2, 0.25) is 0 Å². The molecule has 4 nitrogen and oxygen atoms in total. The van der Waals surface area contributed by atoms with Gasteiger partial charge < -0.3 is 16.2 Å². The Bertz CT molecular complexity index is 395. The van der Waals surface area contributed by atoms with Crippen LogP contribution < -0.4 is 16.2 Å². The maximum absolute atomic E-state index is 8.82. The van der Waals surface area contributed by atoms with E-state index in [9.17, 15) is 0 Å². The van der Waals surface area contributed by atoms with Crippen molar-refractivity contribution in [2.24, 2.45) is 5.73 Å². The molecule has 1 aliphatic rings. The Morgan fingerprint density at radius 1 is 1.54 bits per heavy atom. The third kappa shape index (κ3) is 1.02. The van der Waals surface area contributed by atoms with Crippen LogP contribution in [0, 0.1) is 11.3 Å². The standard InChI is InChI=1S/C9H9N3O/c10-3-6-7(11)2-1-5-8(12)4-13-9(5)6/h1-2,8H,4,11-12H2/t8-/m1/s1. The molecule has 0 spiro atoms. The van der Waals surface area contributed by atoms with E-state index in [-0.39, 0.29) is 6.04 Å². The molecule has 0 saturated heterocycles. The van der Waals surface area contributed by atoms with E-state index >= 15 is 0 Å². The van der Waals surface area contributed by atoms with Gasteiger partial charge >= 0.3 is 0 Å².